The Morgan fingerprint density at radius 2 is 1.85 bits per heavy atom. The Morgan fingerprint density at radius 3 is 2.48 bits per heavy atom. The zero-order valence-corrected chi connectivity index (χ0v) is 17.1. The van der Waals surface area contributed by atoms with Crippen LogP contribution in [0, 0.1) is 5.92 Å². The molecule has 0 fully saturated rings. The lowest BCUT2D eigenvalue weighted by Crippen LogP contribution is -2.39. The van der Waals surface area contributed by atoms with Gasteiger partial charge in [0.2, 0.25) is 5.95 Å². The Kier molecular flexibility index (Phi) is 6.00. The number of hydrogen-bond donors (Lipinski definition) is 2. The van der Waals surface area contributed by atoms with Crippen molar-refractivity contribution in [3.63, 3.8) is 0 Å². The van der Waals surface area contributed by atoms with Crippen molar-refractivity contribution in [3.8, 4) is 0 Å². The molecule has 1 aliphatic heterocycles. The molecule has 2 heterocycles. The van der Waals surface area contributed by atoms with E-state index < -0.39 is 0 Å². The van der Waals surface area contributed by atoms with Gasteiger partial charge in [0.15, 0.2) is 0 Å². The van der Waals surface area contributed by atoms with E-state index in [1.807, 2.05) is 0 Å². The monoisotopic (exact) mass is 368 g/mol. The molecule has 2 atom stereocenters. The zero-order valence-electron chi connectivity index (χ0n) is 17.1. The summed E-state index contributed by atoms with van der Waals surface area (Å²) in [7, 11) is 0. The molecule has 0 bridgehead atoms. The molecular formula is C22H32N4O. The smallest absolute Gasteiger partial charge is 0.225 e. The molecule has 1 aromatic carbocycles. The second kappa shape index (κ2) is 8.26. The van der Waals surface area contributed by atoms with E-state index in [4.69, 9.17) is 9.97 Å². The number of hydrogen-bond acceptors (Lipinski definition) is 5. The number of aromatic nitrogens is 2. The van der Waals surface area contributed by atoms with E-state index >= 15 is 0 Å². The summed E-state index contributed by atoms with van der Waals surface area (Å²) in [5.74, 6) is 2.17. The second-order valence-electron chi connectivity index (χ2n) is 8.26. The molecule has 2 N–H and O–H groups in total. The lowest BCUT2D eigenvalue weighted by Gasteiger charge is -2.36. The van der Waals surface area contributed by atoms with E-state index in [9.17, 15) is 5.11 Å². The number of fused-ring (bicyclic) bond motifs is 1. The highest BCUT2D eigenvalue weighted by molar-refractivity contribution is 5.50. The quantitative estimate of drug-likeness (QED) is 0.807. The number of benzene rings is 1. The molecule has 0 saturated carbocycles. The van der Waals surface area contributed by atoms with Crippen molar-refractivity contribution >= 4 is 11.8 Å². The van der Waals surface area contributed by atoms with E-state index in [0.717, 1.165) is 24.5 Å². The fourth-order valence-corrected chi connectivity index (χ4v) is 3.53. The number of nitrogens with one attached hydrogen (secondary N) is 1. The molecule has 5 heteroatoms. The van der Waals surface area contributed by atoms with Crippen molar-refractivity contribution in [2.24, 2.45) is 5.92 Å². The van der Waals surface area contributed by atoms with Crippen LogP contribution >= 0.6 is 0 Å². The number of aliphatic hydroxyl groups is 1. The van der Waals surface area contributed by atoms with Crippen LogP contribution in [0.2, 0.25) is 0 Å². The van der Waals surface area contributed by atoms with Gasteiger partial charge in [-0.3, -0.25) is 0 Å². The molecule has 0 aliphatic carbocycles. The number of aliphatic hydroxyl groups excluding tert-OH is 1. The van der Waals surface area contributed by atoms with E-state index in [1.165, 1.54) is 11.1 Å². The molecule has 27 heavy (non-hydrogen) atoms. The summed E-state index contributed by atoms with van der Waals surface area (Å²) in [5.41, 5.74) is 3.82. The van der Waals surface area contributed by atoms with Crippen LogP contribution in [0.25, 0.3) is 0 Å². The van der Waals surface area contributed by atoms with Gasteiger partial charge >= 0.3 is 0 Å². The van der Waals surface area contributed by atoms with Crippen LogP contribution in [0.3, 0.4) is 0 Å². The lowest BCUT2D eigenvalue weighted by molar-refractivity contribution is 0.248. The lowest BCUT2D eigenvalue weighted by atomic mass is 9.95. The SMILES string of the molecule is CC(C)c1cc(N2Cc3ccccc3C[C@@H]2C)nc(N[C@@H](CO)C(C)C)n1. The maximum atomic E-state index is 9.68. The van der Waals surface area contributed by atoms with Crippen molar-refractivity contribution in [1.29, 1.82) is 0 Å². The van der Waals surface area contributed by atoms with Crippen LogP contribution in [0.5, 0.6) is 0 Å². The largest absolute Gasteiger partial charge is 0.394 e. The van der Waals surface area contributed by atoms with Gasteiger partial charge in [0.05, 0.1) is 18.3 Å². The molecular weight excluding hydrogens is 336 g/mol. The van der Waals surface area contributed by atoms with Gasteiger partial charge in [0.25, 0.3) is 0 Å². The van der Waals surface area contributed by atoms with Crippen molar-refractivity contribution in [2.45, 2.75) is 65.6 Å². The summed E-state index contributed by atoms with van der Waals surface area (Å²) in [4.78, 5) is 11.9. The van der Waals surface area contributed by atoms with Gasteiger partial charge < -0.3 is 15.3 Å². The standard InChI is InChI=1S/C22H32N4O/c1-14(2)19-11-21(25-22(23-19)24-20(13-27)15(3)4)26-12-18-9-7-6-8-17(18)10-16(26)5/h6-9,11,14-16,20,27H,10,12-13H2,1-5H3,(H,23,24,25)/t16-,20-/m0/s1. The normalized spacial score (nSPS) is 17.9. The highest BCUT2D eigenvalue weighted by Gasteiger charge is 2.25. The first-order valence-electron chi connectivity index (χ1n) is 9.98. The second-order valence-corrected chi connectivity index (χ2v) is 8.26. The van der Waals surface area contributed by atoms with Crippen LogP contribution < -0.4 is 10.2 Å². The minimum absolute atomic E-state index is 0.0558. The van der Waals surface area contributed by atoms with Gasteiger partial charge in [-0.1, -0.05) is 52.0 Å². The Balaban J connectivity index is 1.95. The number of nitrogens with zero attached hydrogens (tertiary/aromatic N) is 3. The molecule has 146 valence electrons. The minimum atomic E-state index is -0.0558. The molecule has 0 amide bonds. The van der Waals surface area contributed by atoms with E-state index in [1.54, 1.807) is 0 Å². The number of rotatable bonds is 6. The molecule has 0 spiro atoms. The van der Waals surface area contributed by atoms with Crippen molar-refractivity contribution < 1.29 is 5.11 Å². The Bertz CT molecular complexity index is 775. The summed E-state index contributed by atoms with van der Waals surface area (Å²) in [6.07, 6.45) is 1.02. The molecule has 0 radical (unpaired) electrons. The summed E-state index contributed by atoms with van der Waals surface area (Å²) in [6.45, 7) is 11.7. The molecule has 2 aromatic rings. The van der Waals surface area contributed by atoms with Crippen LogP contribution in [0.15, 0.2) is 30.3 Å². The molecule has 5 nitrogen and oxygen atoms in total. The molecule has 0 unspecified atom stereocenters. The number of anilines is 2. The molecule has 1 aromatic heterocycles. The topological polar surface area (TPSA) is 61.3 Å². The fourth-order valence-electron chi connectivity index (χ4n) is 3.53. The summed E-state index contributed by atoms with van der Waals surface area (Å²) in [6, 6.07) is 11.1. The predicted octanol–water partition coefficient (Wildman–Crippen LogP) is 3.98. The highest BCUT2D eigenvalue weighted by Crippen LogP contribution is 2.29. The van der Waals surface area contributed by atoms with Gasteiger partial charge in [-0.15, -0.1) is 0 Å². The van der Waals surface area contributed by atoms with E-state index in [-0.39, 0.29) is 12.6 Å². The van der Waals surface area contributed by atoms with Gasteiger partial charge in [-0.2, -0.15) is 4.98 Å². The van der Waals surface area contributed by atoms with E-state index in [0.29, 0.717) is 23.8 Å². The minimum Gasteiger partial charge on any atom is -0.394 e. The summed E-state index contributed by atoms with van der Waals surface area (Å²) in [5, 5.41) is 13.0. The van der Waals surface area contributed by atoms with Gasteiger partial charge in [-0.25, -0.2) is 4.98 Å². The van der Waals surface area contributed by atoms with Crippen LogP contribution in [0.1, 0.15) is 57.4 Å². The van der Waals surface area contributed by atoms with Crippen molar-refractivity contribution in [3.05, 3.63) is 47.2 Å². The van der Waals surface area contributed by atoms with Gasteiger partial charge in [-0.05, 0) is 36.3 Å². The predicted molar refractivity (Wildman–Crippen MR) is 111 cm³/mol. The third kappa shape index (κ3) is 4.41. The van der Waals surface area contributed by atoms with Gasteiger partial charge in [0.1, 0.15) is 5.82 Å². The average molecular weight is 369 g/mol. The van der Waals surface area contributed by atoms with Crippen LogP contribution in [-0.2, 0) is 13.0 Å². The van der Waals surface area contributed by atoms with Gasteiger partial charge in [0, 0.05) is 18.7 Å². The molecule has 0 saturated heterocycles. The third-order valence-corrected chi connectivity index (χ3v) is 5.44. The Morgan fingerprint density at radius 1 is 1.15 bits per heavy atom. The maximum Gasteiger partial charge on any atom is 0.225 e. The Hall–Kier alpha value is -2.14. The molecule has 1 aliphatic rings. The summed E-state index contributed by atoms with van der Waals surface area (Å²) < 4.78 is 0. The zero-order chi connectivity index (χ0) is 19.6. The van der Waals surface area contributed by atoms with E-state index in [2.05, 4.69) is 75.2 Å². The maximum absolute atomic E-state index is 9.68. The van der Waals surface area contributed by atoms with Crippen molar-refractivity contribution in [2.75, 3.05) is 16.8 Å². The van der Waals surface area contributed by atoms with Crippen LogP contribution in [-0.4, -0.2) is 33.8 Å². The molecule has 3 rings (SSSR count). The summed E-state index contributed by atoms with van der Waals surface area (Å²) >= 11 is 0. The highest BCUT2D eigenvalue weighted by atomic mass is 16.3. The fraction of sp³-hybridized carbons (Fsp3) is 0.545. The third-order valence-electron chi connectivity index (χ3n) is 5.44. The first-order valence-corrected chi connectivity index (χ1v) is 9.98. The average Bonchev–Trinajstić information content (AvgIpc) is 2.65. The first kappa shape index (κ1) is 19.6. The van der Waals surface area contributed by atoms with Crippen LogP contribution in [0.4, 0.5) is 11.8 Å². The Labute approximate surface area is 162 Å². The first-order chi connectivity index (χ1) is 12.9. The van der Waals surface area contributed by atoms with Crippen molar-refractivity contribution in [1.82, 2.24) is 9.97 Å².